The summed E-state index contributed by atoms with van der Waals surface area (Å²) < 4.78 is 1.57. The molecule has 0 fully saturated rings. The molecule has 0 saturated heterocycles. The van der Waals surface area contributed by atoms with Crippen LogP contribution in [0.2, 0.25) is 9.88 Å². The van der Waals surface area contributed by atoms with Gasteiger partial charge in [0.25, 0.3) is 0 Å². The number of aromatic amines is 1. The van der Waals surface area contributed by atoms with Crippen LogP contribution in [0.3, 0.4) is 0 Å². The van der Waals surface area contributed by atoms with E-state index in [1.54, 1.807) is 3.58 Å². The van der Waals surface area contributed by atoms with Crippen molar-refractivity contribution in [3.63, 3.8) is 0 Å². The SMILES string of the molecule is Cc1[nH]nc2cc[c]([Sn]([CH3])[CH3])cc12. The van der Waals surface area contributed by atoms with Crippen LogP contribution >= 0.6 is 0 Å². The minimum atomic E-state index is -1.20. The summed E-state index contributed by atoms with van der Waals surface area (Å²) in [5, 5.41) is 8.52. The van der Waals surface area contributed by atoms with Crippen LogP contribution in [-0.4, -0.2) is 30.0 Å². The monoisotopic (exact) mass is 281 g/mol. The summed E-state index contributed by atoms with van der Waals surface area (Å²) in [6, 6.07) is 6.67. The van der Waals surface area contributed by atoms with Crippen molar-refractivity contribution in [1.82, 2.24) is 10.2 Å². The number of H-pyrrole nitrogens is 1. The first-order chi connectivity index (χ1) is 6.18. The van der Waals surface area contributed by atoms with E-state index in [0.29, 0.717) is 0 Å². The molecule has 0 spiro atoms. The summed E-state index contributed by atoms with van der Waals surface area (Å²) in [7, 11) is 0. The fourth-order valence-electron chi connectivity index (χ4n) is 1.45. The van der Waals surface area contributed by atoms with Crippen molar-refractivity contribution < 1.29 is 0 Å². The van der Waals surface area contributed by atoms with E-state index in [2.05, 4.69) is 45.2 Å². The molecule has 2 nitrogen and oxygen atoms in total. The van der Waals surface area contributed by atoms with Gasteiger partial charge in [-0.2, -0.15) is 0 Å². The van der Waals surface area contributed by atoms with Gasteiger partial charge in [-0.3, -0.25) is 0 Å². The molecule has 1 aromatic heterocycles. The molecule has 0 aliphatic rings. The Hall–Kier alpha value is -0.511. The van der Waals surface area contributed by atoms with Crippen LogP contribution in [0, 0.1) is 6.92 Å². The van der Waals surface area contributed by atoms with Crippen LogP contribution in [0.25, 0.3) is 10.9 Å². The second-order valence-electron chi connectivity index (χ2n) is 3.58. The zero-order valence-electron chi connectivity index (χ0n) is 8.18. The van der Waals surface area contributed by atoms with Crippen LogP contribution in [0.15, 0.2) is 18.2 Å². The number of aryl methyl sites for hydroxylation is 1. The molecule has 1 radical (unpaired) electrons. The molecule has 0 amide bonds. The van der Waals surface area contributed by atoms with E-state index in [4.69, 9.17) is 0 Å². The molecule has 0 saturated carbocycles. The minimum absolute atomic E-state index is 1.09. The maximum atomic E-state index is 4.22. The number of nitrogens with zero attached hydrogens (tertiary/aromatic N) is 1. The predicted octanol–water partition coefficient (Wildman–Crippen LogP) is 1.83. The normalized spacial score (nSPS) is 11.4. The Kier molecular flexibility index (Phi) is 2.32. The van der Waals surface area contributed by atoms with Crippen molar-refractivity contribution in [1.29, 1.82) is 0 Å². The second-order valence-corrected chi connectivity index (χ2v) is 10.9. The number of aromatic nitrogens is 2. The van der Waals surface area contributed by atoms with Gasteiger partial charge in [0, 0.05) is 0 Å². The Labute approximate surface area is 85.1 Å². The standard InChI is InChI=1S/C8H7N2.2CH3.Sn/c1-6-7-4-2-3-5-8(7)10-9-6;;;/h3-5H,1H3,(H,9,10);2*1H3;. The topological polar surface area (TPSA) is 28.7 Å². The summed E-state index contributed by atoms with van der Waals surface area (Å²) in [5.41, 5.74) is 2.27. The maximum absolute atomic E-state index is 4.22. The Balaban J connectivity index is 2.66. The van der Waals surface area contributed by atoms with Gasteiger partial charge in [-0.15, -0.1) is 0 Å². The fraction of sp³-hybridized carbons (Fsp3) is 0.300. The van der Waals surface area contributed by atoms with Gasteiger partial charge in [-0.1, -0.05) is 0 Å². The summed E-state index contributed by atoms with van der Waals surface area (Å²) in [6.45, 7) is 2.08. The molecule has 13 heavy (non-hydrogen) atoms. The van der Waals surface area contributed by atoms with Gasteiger partial charge >= 0.3 is 85.1 Å². The van der Waals surface area contributed by atoms with Crippen molar-refractivity contribution in [2.75, 3.05) is 0 Å². The molecule has 67 valence electrons. The molecule has 0 atom stereocenters. The molecule has 2 aromatic rings. The van der Waals surface area contributed by atoms with Gasteiger partial charge in [0.2, 0.25) is 0 Å². The van der Waals surface area contributed by atoms with Crippen molar-refractivity contribution >= 4 is 34.2 Å². The molecular weight excluding hydrogens is 267 g/mol. The zero-order chi connectivity index (χ0) is 9.42. The molecule has 2 rings (SSSR count). The van der Waals surface area contributed by atoms with Crippen molar-refractivity contribution in [2.45, 2.75) is 16.8 Å². The zero-order valence-corrected chi connectivity index (χ0v) is 11.0. The third-order valence-electron chi connectivity index (χ3n) is 2.32. The molecule has 0 unspecified atom stereocenters. The molecule has 0 bridgehead atoms. The summed E-state index contributed by atoms with van der Waals surface area (Å²) >= 11 is -1.20. The molecular formula is C10H13N2Sn. The number of rotatable bonds is 1. The predicted molar refractivity (Wildman–Crippen MR) is 57.9 cm³/mol. The van der Waals surface area contributed by atoms with E-state index in [0.717, 1.165) is 5.52 Å². The van der Waals surface area contributed by atoms with E-state index >= 15 is 0 Å². The number of nitrogens with one attached hydrogen (secondary N) is 1. The van der Waals surface area contributed by atoms with Crippen LogP contribution < -0.4 is 3.58 Å². The average molecular weight is 280 g/mol. The van der Waals surface area contributed by atoms with Crippen LogP contribution in [-0.2, 0) is 0 Å². The molecule has 1 N–H and O–H groups in total. The Morgan fingerprint density at radius 3 is 2.77 bits per heavy atom. The first kappa shape index (κ1) is 9.06. The number of hydrogen-bond donors (Lipinski definition) is 1. The summed E-state index contributed by atoms with van der Waals surface area (Å²) in [4.78, 5) is 4.80. The van der Waals surface area contributed by atoms with E-state index in [1.807, 2.05) is 0 Å². The third-order valence-corrected chi connectivity index (χ3v) is 6.51. The molecule has 0 aliphatic carbocycles. The van der Waals surface area contributed by atoms with Gasteiger partial charge in [-0.25, -0.2) is 0 Å². The Bertz CT molecular complexity index is 431. The van der Waals surface area contributed by atoms with E-state index in [1.165, 1.54) is 11.1 Å². The van der Waals surface area contributed by atoms with Crippen LogP contribution in [0.5, 0.6) is 0 Å². The number of hydrogen-bond acceptors (Lipinski definition) is 1. The van der Waals surface area contributed by atoms with Gasteiger partial charge < -0.3 is 0 Å². The third kappa shape index (κ3) is 1.59. The molecule has 0 aliphatic heterocycles. The Morgan fingerprint density at radius 2 is 2.08 bits per heavy atom. The summed E-state index contributed by atoms with van der Waals surface area (Å²) in [5.74, 6) is 0. The molecule has 1 heterocycles. The molecule has 1 aromatic carbocycles. The van der Waals surface area contributed by atoms with Gasteiger partial charge in [0.05, 0.1) is 0 Å². The van der Waals surface area contributed by atoms with Gasteiger partial charge in [-0.05, 0) is 0 Å². The second kappa shape index (κ2) is 3.33. The van der Waals surface area contributed by atoms with Crippen LogP contribution in [0.4, 0.5) is 0 Å². The average Bonchev–Trinajstić information content (AvgIpc) is 2.47. The number of benzene rings is 1. The molecule has 3 heteroatoms. The first-order valence-electron chi connectivity index (χ1n) is 4.44. The van der Waals surface area contributed by atoms with E-state index in [9.17, 15) is 0 Å². The van der Waals surface area contributed by atoms with E-state index < -0.39 is 19.8 Å². The van der Waals surface area contributed by atoms with Crippen LogP contribution in [0.1, 0.15) is 5.69 Å². The Morgan fingerprint density at radius 1 is 1.31 bits per heavy atom. The van der Waals surface area contributed by atoms with Gasteiger partial charge in [0.1, 0.15) is 0 Å². The van der Waals surface area contributed by atoms with Crippen molar-refractivity contribution in [3.05, 3.63) is 23.9 Å². The van der Waals surface area contributed by atoms with E-state index in [-0.39, 0.29) is 0 Å². The van der Waals surface area contributed by atoms with Crippen molar-refractivity contribution in [2.24, 2.45) is 0 Å². The quantitative estimate of drug-likeness (QED) is 0.793. The summed E-state index contributed by atoms with van der Waals surface area (Å²) in [6.07, 6.45) is 0. The number of fused-ring (bicyclic) bond motifs is 1. The van der Waals surface area contributed by atoms with Crippen molar-refractivity contribution in [3.8, 4) is 0 Å². The fourth-order valence-corrected chi connectivity index (χ4v) is 3.87. The van der Waals surface area contributed by atoms with Gasteiger partial charge in [0.15, 0.2) is 0 Å². The first-order valence-corrected chi connectivity index (χ1v) is 11.6.